The number of rotatable bonds is 6. The molecule has 1 aliphatic heterocycles. The molecule has 10 rings (SSSR count). The summed E-state index contributed by atoms with van der Waals surface area (Å²) in [6.07, 6.45) is 0. The fourth-order valence-electron chi connectivity index (χ4n) is 7.63. The van der Waals surface area contributed by atoms with Crippen LogP contribution in [0.15, 0.2) is 192 Å². The van der Waals surface area contributed by atoms with Crippen molar-refractivity contribution in [3.63, 3.8) is 0 Å². The largest absolute Gasteiger partial charge is 0.310 e. The number of benzene rings is 8. The second-order valence-electron chi connectivity index (χ2n) is 13.0. The highest BCUT2D eigenvalue weighted by atomic mass is 32.2. The minimum atomic E-state index is -3.81. The molecular formula is C46H30N2O2S2. The lowest BCUT2D eigenvalue weighted by Gasteiger charge is -2.27. The van der Waals surface area contributed by atoms with Crippen LogP contribution >= 0.6 is 11.3 Å². The Morgan fingerprint density at radius 2 is 0.923 bits per heavy atom. The van der Waals surface area contributed by atoms with Crippen molar-refractivity contribution in [2.24, 2.45) is 0 Å². The average Bonchev–Trinajstić information content (AvgIpc) is 3.68. The first-order valence-corrected chi connectivity index (χ1v) is 19.5. The molecule has 0 radical (unpaired) electrons. The van der Waals surface area contributed by atoms with Gasteiger partial charge < -0.3 is 9.80 Å². The number of hydrogen-bond donors (Lipinski definition) is 0. The molecule has 2 heterocycles. The van der Waals surface area contributed by atoms with E-state index in [1.54, 1.807) is 11.3 Å². The number of nitrogens with zero attached hydrogens (tertiary/aromatic N) is 2. The lowest BCUT2D eigenvalue weighted by molar-refractivity contribution is 0.599. The van der Waals surface area contributed by atoms with Gasteiger partial charge in [0.05, 0.1) is 26.0 Å². The molecule has 6 heteroatoms. The Morgan fingerprint density at radius 3 is 1.52 bits per heavy atom. The molecular weight excluding hydrogens is 677 g/mol. The summed E-state index contributed by atoms with van der Waals surface area (Å²) in [7, 11) is -3.81. The normalized spacial score (nSPS) is 12.9. The summed E-state index contributed by atoms with van der Waals surface area (Å²) in [6, 6.07) is 61.8. The maximum atomic E-state index is 14.6. The van der Waals surface area contributed by atoms with Gasteiger partial charge in [0.15, 0.2) is 0 Å². The van der Waals surface area contributed by atoms with Crippen molar-refractivity contribution in [3.05, 3.63) is 182 Å². The first kappa shape index (κ1) is 30.6. The molecule has 248 valence electrons. The molecule has 0 spiro atoms. The van der Waals surface area contributed by atoms with Gasteiger partial charge in [-0.05, 0) is 71.4 Å². The summed E-state index contributed by atoms with van der Waals surface area (Å²) in [5.41, 5.74) is 6.55. The van der Waals surface area contributed by atoms with E-state index >= 15 is 0 Å². The zero-order valence-electron chi connectivity index (χ0n) is 27.8. The highest BCUT2D eigenvalue weighted by Crippen LogP contribution is 2.54. The third-order valence-corrected chi connectivity index (χ3v) is 13.1. The number of thiophene rings is 1. The monoisotopic (exact) mass is 706 g/mol. The zero-order chi connectivity index (χ0) is 34.8. The Morgan fingerprint density at radius 1 is 0.423 bits per heavy atom. The summed E-state index contributed by atoms with van der Waals surface area (Å²) in [5.74, 6) is 0. The highest BCUT2D eigenvalue weighted by Gasteiger charge is 2.38. The van der Waals surface area contributed by atoms with E-state index in [1.807, 2.05) is 78.9 Å². The number of anilines is 6. The summed E-state index contributed by atoms with van der Waals surface area (Å²) >= 11 is 1.55. The minimum absolute atomic E-state index is 0.347. The van der Waals surface area contributed by atoms with E-state index < -0.39 is 9.84 Å². The van der Waals surface area contributed by atoms with Gasteiger partial charge in [0.25, 0.3) is 0 Å². The molecule has 0 saturated heterocycles. The standard InChI is InChI=1S/C46H30N2O2S2/c49-52(50)44-30-36(48(34-19-5-2-6-20-34)42-24-12-16-32-14-8-10-22-38(32)42)26-28-40(44)45-46(52)39-27-25-35(29-43(39)51-45)47(33-17-3-1-4-18-33)41-23-11-15-31-13-7-9-21-37(31)41/h1-30H. The Bertz CT molecular complexity index is 2930. The zero-order valence-corrected chi connectivity index (χ0v) is 29.5. The molecule has 0 saturated carbocycles. The minimum Gasteiger partial charge on any atom is -0.310 e. The molecule has 0 atom stereocenters. The third kappa shape index (κ3) is 4.76. The molecule has 0 aliphatic carbocycles. The lowest BCUT2D eigenvalue weighted by Crippen LogP contribution is -2.11. The molecule has 0 N–H and O–H groups in total. The molecule has 4 nitrogen and oxygen atoms in total. The van der Waals surface area contributed by atoms with E-state index in [2.05, 4.69) is 113 Å². The van der Waals surface area contributed by atoms with Gasteiger partial charge in [-0.2, -0.15) is 0 Å². The van der Waals surface area contributed by atoms with Crippen LogP contribution in [-0.2, 0) is 9.84 Å². The van der Waals surface area contributed by atoms with Crippen LogP contribution in [0.5, 0.6) is 0 Å². The van der Waals surface area contributed by atoms with Crippen molar-refractivity contribution in [1.82, 2.24) is 0 Å². The van der Waals surface area contributed by atoms with Gasteiger partial charge >= 0.3 is 0 Å². The second-order valence-corrected chi connectivity index (χ2v) is 15.9. The van der Waals surface area contributed by atoms with Crippen molar-refractivity contribution in [3.8, 4) is 10.4 Å². The lowest BCUT2D eigenvalue weighted by atomic mass is 10.1. The average molecular weight is 707 g/mol. The number of hydrogen-bond acceptors (Lipinski definition) is 5. The van der Waals surface area contributed by atoms with Crippen LogP contribution in [0.1, 0.15) is 0 Å². The van der Waals surface area contributed by atoms with Crippen LogP contribution in [0.25, 0.3) is 42.1 Å². The summed E-state index contributed by atoms with van der Waals surface area (Å²) in [4.78, 5) is 5.95. The third-order valence-electron chi connectivity index (χ3n) is 9.96. The Kier molecular flexibility index (Phi) is 7.03. The topological polar surface area (TPSA) is 40.6 Å². The van der Waals surface area contributed by atoms with Crippen LogP contribution in [0.3, 0.4) is 0 Å². The summed E-state index contributed by atoms with van der Waals surface area (Å²) < 4.78 is 30.1. The highest BCUT2D eigenvalue weighted by molar-refractivity contribution is 7.92. The predicted molar refractivity (Wildman–Crippen MR) is 217 cm³/mol. The van der Waals surface area contributed by atoms with E-state index in [0.29, 0.717) is 9.79 Å². The van der Waals surface area contributed by atoms with E-state index in [1.165, 1.54) is 0 Å². The maximum Gasteiger partial charge on any atom is 0.209 e. The second kappa shape index (κ2) is 11.9. The molecule has 52 heavy (non-hydrogen) atoms. The van der Waals surface area contributed by atoms with Gasteiger partial charge in [-0.25, -0.2) is 8.42 Å². The molecule has 0 unspecified atom stereocenters. The van der Waals surface area contributed by atoms with Crippen LogP contribution < -0.4 is 9.80 Å². The molecule has 8 aromatic carbocycles. The van der Waals surface area contributed by atoms with Gasteiger partial charge in [0.1, 0.15) is 0 Å². The van der Waals surface area contributed by atoms with Gasteiger partial charge in [0.2, 0.25) is 9.84 Å². The molecule has 1 aliphatic rings. The van der Waals surface area contributed by atoms with Crippen LogP contribution in [0.2, 0.25) is 0 Å². The van der Waals surface area contributed by atoms with Gasteiger partial charge in [-0.15, -0.1) is 11.3 Å². The summed E-state index contributed by atoms with van der Waals surface area (Å²) in [6.45, 7) is 0. The first-order valence-electron chi connectivity index (χ1n) is 17.2. The summed E-state index contributed by atoms with van der Waals surface area (Å²) in [5, 5.41) is 5.26. The van der Waals surface area contributed by atoms with E-state index in [4.69, 9.17) is 0 Å². The van der Waals surface area contributed by atoms with Crippen molar-refractivity contribution in [2.75, 3.05) is 9.80 Å². The molecule has 1 aromatic heterocycles. The van der Waals surface area contributed by atoms with Gasteiger partial charge in [0, 0.05) is 49.2 Å². The Labute approximate surface area is 306 Å². The van der Waals surface area contributed by atoms with Crippen molar-refractivity contribution in [1.29, 1.82) is 0 Å². The molecule has 0 amide bonds. The number of para-hydroxylation sites is 2. The van der Waals surface area contributed by atoms with Crippen LogP contribution in [-0.4, -0.2) is 8.42 Å². The van der Waals surface area contributed by atoms with E-state index in [0.717, 1.165) is 76.2 Å². The molecule has 0 bridgehead atoms. The maximum absolute atomic E-state index is 14.6. The SMILES string of the molecule is O=S1(=O)c2cc(N(c3ccccc3)c3cccc4ccccc34)ccc2-c2sc3cc(N(c4ccccc4)c4cccc5ccccc45)ccc3c21. The van der Waals surface area contributed by atoms with Crippen molar-refractivity contribution in [2.45, 2.75) is 9.79 Å². The predicted octanol–water partition coefficient (Wildman–Crippen LogP) is 13.0. The fourth-order valence-corrected chi connectivity index (χ4v) is 11.2. The van der Waals surface area contributed by atoms with Crippen LogP contribution in [0.4, 0.5) is 34.1 Å². The smallest absolute Gasteiger partial charge is 0.209 e. The van der Waals surface area contributed by atoms with Crippen molar-refractivity contribution >= 4 is 86.9 Å². The Balaban J connectivity index is 1.12. The first-order chi connectivity index (χ1) is 25.6. The van der Waals surface area contributed by atoms with Gasteiger partial charge in [-0.3, -0.25) is 0 Å². The van der Waals surface area contributed by atoms with Crippen LogP contribution in [0, 0.1) is 0 Å². The fraction of sp³-hybridized carbons (Fsp3) is 0. The van der Waals surface area contributed by atoms with Gasteiger partial charge in [-0.1, -0.05) is 121 Å². The Hall–Kier alpha value is -6.21. The molecule has 0 fully saturated rings. The number of sulfone groups is 1. The number of fused-ring (bicyclic) bond motifs is 7. The van der Waals surface area contributed by atoms with E-state index in [-0.39, 0.29) is 0 Å². The quantitative estimate of drug-likeness (QED) is 0.173. The van der Waals surface area contributed by atoms with E-state index in [9.17, 15) is 8.42 Å². The molecule has 9 aromatic rings. The van der Waals surface area contributed by atoms with Crippen molar-refractivity contribution < 1.29 is 8.42 Å².